The summed E-state index contributed by atoms with van der Waals surface area (Å²) in [5.41, 5.74) is 0.338. The largest absolute Gasteiger partial charge is 0.467 e. The maximum Gasteiger partial charge on any atom is 0.259 e. The number of furan rings is 1. The molecule has 3 heterocycles. The molecular formula is C23H33N5O2. The Balaban J connectivity index is 1.62. The van der Waals surface area contributed by atoms with E-state index in [2.05, 4.69) is 41.3 Å². The molecule has 0 aromatic carbocycles. The highest BCUT2D eigenvalue weighted by molar-refractivity contribution is 5.98. The van der Waals surface area contributed by atoms with Gasteiger partial charge in [0.1, 0.15) is 23.0 Å². The fourth-order valence-corrected chi connectivity index (χ4v) is 3.85. The lowest BCUT2D eigenvalue weighted by Gasteiger charge is -2.35. The summed E-state index contributed by atoms with van der Waals surface area (Å²) in [7, 11) is 0. The average Bonchev–Trinajstić information content (AvgIpc) is 3.41. The maximum absolute atomic E-state index is 13.7. The van der Waals surface area contributed by atoms with Crippen LogP contribution in [0.3, 0.4) is 0 Å². The van der Waals surface area contributed by atoms with E-state index < -0.39 is 0 Å². The summed E-state index contributed by atoms with van der Waals surface area (Å²) in [6.07, 6.45) is 7.93. The monoisotopic (exact) mass is 411 g/mol. The van der Waals surface area contributed by atoms with E-state index in [1.165, 1.54) is 12.8 Å². The summed E-state index contributed by atoms with van der Waals surface area (Å²) in [4.78, 5) is 25.1. The summed E-state index contributed by atoms with van der Waals surface area (Å²) >= 11 is 0. The van der Waals surface area contributed by atoms with E-state index in [1.54, 1.807) is 12.5 Å². The quantitative estimate of drug-likeness (QED) is 0.725. The fraction of sp³-hybridized carbons (Fsp3) is 0.609. The van der Waals surface area contributed by atoms with Crippen molar-refractivity contribution < 1.29 is 9.21 Å². The standard InChI is InChI=1S/C23H33N5O2/c1-23(2,3)22-26-14-19(20(27-22)25-13-18-7-5-11-30-18)21(29)28(15-16-8-9-16)17-6-4-10-24-12-17/h5,7,11,14,16-17,24H,4,6,8-10,12-13,15H2,1-3H3,(H,25,26,27). The number of rotatable bonds is 7. The molecule has 7 nitrogen and oxygen atoms in total. The van der Waals surface area contributed by atoms with Crippen LogP contribution in [0.5, 0.6) is 0 Å². The zero-order valence-corrected chi connectivity index (χ0v) is 18.3. The number of hydrogen-bond donors (Lipinski definition) is 2. The van der Waals surface area contributed by atoms with Gasteiger partial charge in [-0.25, -0.2) is 9.97 Å². The predicted octanol–water partition coefficient (Wildman–Crippen LogP) is 3.58. The molecule has 1 atom stereocenters. The van der Waals surface area contributed by atoms with Crippen LogP contribution >= 0.6 is 0 Å². The molecule has 1 aliphatic carbocycles. The summed E-state index contributed by atoms with van der Waals surface area (Å²) in [5.74, 6) is 2.76. The minimum Gasteiger partial charge on any atom is -0.467 e. The number of amides is 1. The third kappa shape index (κ3) is 5.01. The summed E-state index contributed by atoms with van der Waals surface area (Å²) in [6, 6.07) is 4.00. The van der Waals surface area contributed by atoms with Crippen LogP contribution in [0.2, 0.25) is 0 Å². The van der Waals surface area contributed by atoms with Crippen molar-refractivity contribution >= 4 is 11.7 Å². The van der Waals surface area contributed by atoms with E-state index in [0.29, 0.717) is 29.7 Å². The third-order valence-electron chi connectivity index (χ3n) is 5.82. The highest BCUT2D eigenvalue weighted by Gasteiger charge is 2.34. The first kappa shape index (κ1) is 20.8. The smallest absolute Gasteiger partial charge is 0.259 e. The van der Waals surface area contributed by atoms with Crippen molar-refractivity contribution in [3.8, 4) is 0 Å². The van der Waals surface area contributed by atoms with Gasteiger partial charge in [-0.05, 0) is 50.3 Å². The van der Waals surface area contributed by atoms with Crippen molar-refractivity contribution in [3.05, 3.63) is 41.7 Å². The summed E-state index contributed by atoms with van der Waals surface area (Å²) < 4.78 is 5.45. The Labute approximate surface area is 178 Å². The van der Waals surface area contributed by atoms with Crippen molar-refractivity contribution in [2.75, 3.05) is 25.0 Å². The molecule has 2 fully saturated rings. The van der Waals surface area contributed by atoms with E-state index in [9.17, 15) is 4.79 Å². The van der Waals surface area contributed by atoms with Crippen LogP contribution in [-0.2, 0) is 12.0 Å². The number of anilines is 1. The average molecular weight is 412 g/mol. The molecule has 2 aromatic heterocycles. The molecule has 2 aliphatic rings. The normalized spacial score (nSPS) is 19.5. The SMILES string of the molecule is CC(C)(C)c1ncc(C(=O)N(CC2CC2)C2CCCNC2)c(NCc2ccco2)n1. The van der Waals surface area contributed by atoms with Crippen molar-refractivity contribution in [2.45, 2.75) is 64.5 Å². The Morgan fingerprint density at radius 1 is 1.33 bits per heavy atom. The van der Waals surface area contributed by atoms with Gasteiger partial charge in [0.25, 0.3) is 5.91 Å². The molecule has 4 rings (SSSR count). The first-order chi connectivity index (χ1) is 14.4. The number of nitrogens with one attached hydrogen (secondary N) is 2. The van der Waals surface area contributed by atoms with Gasteiger partial charge in [0.05, 0.1) is 12.8 Å². The topological polar surface area (TPSA) is 83.3 Å². The molecule has 1 aliphatic heterocycles. The molecule has 0 spiro atoms. The Bertz CT molecular complexity index is 849. The molecule has 0 bridgehead atoms. The van der Waals surface area contributed by atoms with Gasteiger partial charge in [0, 0.05) is 30.7 Å². The van der Waals surface area contributed by atoms with Gasteiger partial charge in [-0.2, -0.15) is 0 Å². The fourth-order valence-electron chi connectivity index (χ4n) is 3.85. The van der Waals surface area contributed by atoms with E-state index in [1.807, 2.05) is 12.1 Å². The van der Waals surface area contributed by atoms with E-state index in [4.69, 9.17) is 9.40 Å². The van der Waals surface area contributed by atoms with Gasteiger partial charge in [0.15, 0.2) is 0 Å². The van der Waals surface area contributed by atoms with Crippen LogP contribution in [0.1, 0.15) is 68.4 Å². The van der Waals surface area contributed by atoms with Crippen LogP contribution in [-0.4, -0.2) is 46.5 Å². The number of carbonyl (C=O) groups excluding carboxylic acids is 1. The zero-order chi connectivity index (χ0) is 21.1. The molecule has 1 unspecified atom stereocenters. The predicted molar refractivity (Wildman–Crippen MR) is 116 cm³/mol. The number of hydrogen-bond acceptors (Lipinski definition) is 6. The first-order valence-corrected chi connectivity index (χ1v) is 11.1. The molecule has 1 saturated heterocycles. The van der Waals surface area contributed by atoms with Crippen LogP contribution < -0.4 is 10.6 Å². The van der Waals surface area contributed by atoms with Crippen LogP contribution in [0.15, 0.2) is 29.0 Å². The molecular weight excluding hydrogens is 378 g/mol. The zero-order valence-electron chi connectivity index (χ0n) is 18.3. The Kier molecular flexibility index (Phi) is 6.09. The minimum absolute atomic E-state index is 0.0259. The van der Waals surface area contributed by atoms with Gasteiger partial charge in [-0.1, -0.05) is 20.8 Å². The van der Waals surface area contributed by atoms with Crippen LogP contribution in [0, 0.1) is 5.92 Å². The van der Waals surface area contributed by atoms with Crippen molar-refractivity contribution in [2.24, 2.45) is 5.92 Å². The molecule has 0 radical (unpaired) electrons. The summed E-state index contributed by atoms with van der Waals surface area (Å²) in [6.45, 7) is 9.41. The highest BCUT2D eigenvalue weighted by atomic mass is 16.3. The van der Waals surface area contributed by atoms with Gasteiger partial charge in [-0.15, -0.1) is 0 Å². The second-order valence-corrected chi connectivity index (χ2v) is 9.54. The van der Waals surface area contributed by atoms with Crippen LogP contribution in [0.4, 0.5) is 5.82 Å². The van der Waals surface area contributed by atoms with Crippen LogP contribution in [0.25, 0.3) is 0 Å². The van der Waals surface area contributed by atoms with Gasteiger partial charge >= 0.3 is 0 Å². The lowest BCUT2D eigenvalue weighted by molar-refractivity contribution is 0.0637. The Hall–Kier alpha value is -2.41. The van der Waals surface area contributed by atoms with Gasteiger partial charge in [0.2, 0.25) is 0 Å². The molecule has 162 valence electrons. The number of nitrogens with zero attached hydrogens (tertiary/aromatic N) is 3. The van der Waals surface area contributed by atoms with Gasteiger partial charge < -0.3 is 20.0 Å². The summed E-state index contributed by atoms with van der Waals surface area (Å²) in [5, 5.41) is 6.78. The number of aromatic nitrogens is 2. The van der Waals surface area contributed by atoms with E-state index in [-0.39, 0.29) is 17.4 Å². The molecule has 1 amide bonds. The molecule has 30 heavy (non-hydrogen) atoms. The lowest BCUT2D eigenvalue weighted by atomic mass is 9.95. The highest BCUT2D eigenvalue weighted by Crippen LogP contribution is 2.32. The van der Waals surface area contributed by atoms with E-state index >= 15 is 0 Å². The molecule has 2 N–H and O–H groups in total. The molecule has 1 saturated carbocycles. The maximum atomic E-state index is 13.7. The van der Waals surface area contributed by atoms with Gasteiger partial charge in [-0.3, -0.25) is 4.79 Å². The minimum atomic E-state index is -0.205. The van der Waals surface area contributed by atoms with Crippen molar-refractivity contribution in [1.29, 1.82) is 0 Å². The molecule has 2 aromatic rings. The Morgan fingerprint density at radius 2 is 2.17 bits per heavy atom. The number of carbonyl (C=O) groups is 1. The second-order valence-electron chi connectivity index (χ2n) is 9.54. The molecule has 7 heteroatoms. The first-order valence-electron chi connectivity index (χ1n) is 11.1. The van der Waals surface area contributed by atoms with E-state index in [0.717, 1.165) is 38.2 Å². The second kappa shape index (κ2) is 8.76. The third-order valence-corrected chi connectivity index (χ3v) is 5.82. The van der Waals surface area contributed by atoms with Crippen molar-refractivity contribution in [1.82, 2.24) is 20.2 Å². The number of piperidine rings is 1. The Morgan fingerprint density at radius 3 is 2.80 bits per heavy atom. The lowest BCUT2D eigenvalue weighted by Crippen LogP contribution is -2.49. The van der Waals surface area contributed by atoms with Crippen molar-refractivity contribution in [3.63, 3.8) is 0 Å².